The van der Waals surface area contributed by atoms with Crippen LogP contribution in [0.5, 0.6) is 0 Å². The number of likely N-dealkylation sites (tertiary alicyclic amines) is 1. The number of carbonyl (C=O) groups is 1. The first-order valence-corrected chi connectivity index (χ1v) is 5.47. The molecule has 1 aromatic rings. The van der Waals surface area contributed by atoms with E-state index in [1.165, 1.54) is 4.68 Å². The predicted octanol–water partition coefficient (Wildman–Crippen LogP) is -0.340. The number of aliphatic hydroxyl groups is 1. The Morgan fingerprint density at radius 3 is 3.12 bits per heavy atom. The molecule has 1 unspecified atom stereocenters. The van der Waals surface area contributed by atoms with Crippen LogP contribution in [0.4, 0.5) is 0 Å². The maximum absolute atomic E-state index is 12.0. The van der Waals surface area contributed by atoms with Gasteiger partial charge in [0.25, 0.3) is 5.91 Å². The highest BCUT2D eigenvalue weighted by molar-refractivity contribution is 5.91. The number of nitrogens with zero attached hydrogens (tertiary/aromatic N) is 4. The van der Waals surface area contributed by atoms with Crippen LogP contribution in [0, 0.1) is 5.92 Å². The molecule has 2 rings (SSSR count). The summed E-state index contributed by atoms with van der Waals surface area (Å²) in [5.41, 5.74) is 0.376. The van der Waals surface area contributed by atoms with Crippen molar-refractivity contribution >= 4 is 5.91 Å². The molecular weight excluding hydrogens is 208 g/mol. The Labute approximate surface area is 93.9 Å². The van der Waals surface area contributed by atoms with Crippen molar-refractivity contribution in [3.8, 4) is 0 Å². The third-order valence-corrected chi connectivity index (χ3v) is 2.89. The van der Waals surface area contributed by atoms with Crippen molar-refractivity contribution in [3.63, 3.8) is 0 Å². The first kappa shape index (κ1) is 11.1. The second kappa shape index (κ2) is 4.61. The molecule has 1 fully saturated rings. The van der Waals surface area contributed by atoms with Crippen LogP contribution in [0.2, 0.25) is 0 Å². The lowest BCUT2D eigenvalue weighted by Gasteiger charge is -2.31. The molecule has 1 atom stereocenters. The van der Waals surface area contributed by atoms with Crippen molar-refractivity contribution in [3.05, 3.63) is 11.9 Å². The van der Waals surface area contributed by atoms with Crippen molar-refractivity contribution in [1.82, 2.24) is 19.9 Å². The summed E-state index contributed by atoms with van der Waals surface area (Å²) < 4.78 is 1.51. The maximum atomic E-state index is 12.0. The van der Waals surface area contributed by atoms with E-state index in [4.69, 9.17) is 5.11 Å². The van der Waals surface area contributed by atoms with Gasteiger partial charge in [0.15, 0.2) is 5.69 Å². The molecule has 6 heteroatoms. The van der Waals surface area contributed by atoms with Gasteiger partial charge in [0.1, 0.15) is 0 Å². The quantitative estimate of drug-likeness (QED) is 0.746. The molecule has 1 saturated heterocycles. The number of aryl methyl sites for hydroxylation is 1. The van der Waals surface area contributed by atoms with Crippen LogP contribution in [-0.2, 0) is 7.05 Å². The normalized spacial score (nSPS) is 21.1. The van der Waals surface area contributed by atoms with E-state index in [-0.39, 0.29) is 18.4 Å². The standard InChI is InChI=1S/C10H16N4O2/c1-13-6-9(11-12-13)10(16)14-4-2-3-8(5-14)7-15/h6,8,15H,2-5,7H2,1H3. The average Bonchev–Trinajstić information content (AvgIpc) is 2.75. The van der Waals surface area contributed by atoms with Gasteiger partial charge in [0.2, 0.25) is 0 Å². The lowest BCUT2D eigenvalue weighted by atomic mass is 9.99. The molecule has 88 valence electrons. The van der Waals surface area contributed by atoms with Gasteiger partial charge in [-0.2, -0.15) is 0 Å². The van der Waals surface area contributed by atoms with Gasteiger partial charge >= 0.3 is 0 Å². The number of amides is 1. The summed E-state index contributed by atoms with van der Waals surface area (Å²) in [6.07, 6.45) is 3.54. The first-order valence-electron chi connectivity index (χ1n) is 5.47. The van der Waals surface area contributed by atoms with Crippen LogP contribution in [0.1, 0.15) is 23.3 Å². The Morgan fingerprint density at radius 1 is 1.69 bits per heavy atom. The minimum absolute atomic E-state index is 0.0914. The molecular formula is C10H16N4O2. The molecule has 0 spiro atoms. The molecule has 0 aliphatic carbocycles. The molecule has 1 aromatic heterocycles. The van der Waals surface area contributed by atoms with Gasteiger partial charge in [0.05, 0.1) is 6.20 Å². The summed E-state index contributed by atoms with van der Waals surface area (Å²) in [6.45, 7) is 1.50. The molecule has 16 heavy (non-hydrogen) atoms. The van der Waals surface area contributed by atoms with Crippen LogP contribution in [0.3, 0.4) is 0 Å². The smallest absolute Gasteiger partial charge is 0.276 e. The van der Waals surface area contributed by atoms with Crippen molar-refractivity contribution in [1.29, 1.82) is 0 Å². The fraction of sp³-hybridized carbons (Fsp3) is 0.700. The van der Waals surface area contributed by atoms with Crippen LogP contribution in [-0.4, -0.2) is 50.6 Å². The zero-order chi connectivity index (χ0) is 11.5. The summed E-state index contributed by atoms with van der Waals surface area (Å²) in [7, 11) is 1.73. The molecule has 0 radical (unpaired) electrons. The van der Waals surface area contributed by atoms with Gasteiger partial charge in [0, 0.05) is 26.7 Å². The van der Waals surface area contributed by atoms with E-state index in [0.29, 0.717) is 12.2 Å². The largest absolute Gasteiger partial charge is 0.396 e. The summed E-state index contributed by atoms with van der Waals surface area (Å²) in [5.74, 6) is 0.112. The van der Waals surface area contributed by atoms with Gasteiger partial charge < -0.3 is 10.0 Å². The molecule has 1 aliphatic heterocycles. The van der Waals surface area contributed by atoms with Crippen LogP contribution >= 0.6 is 0 Å². The first-order chi connectivity index (χ1) is 7.70. The Kier molecular flexibility index (Phi) is 3.19. The van der Waals surface area contributed by atoms with Gasteiger partial charge in [-0.3, -0.25) is 9.48 Å². The van der Waals surface area contributed by atoms with E-state index in [1.54, 1.807) is 18.1 Å². The monoisotopic (exact) mass is 224 g/mol. The van der Waals surface area contributed by atoms with Gasteiger partial charge in [-0.15, -0.1) is 5.10 Å². The number of rotatable bonds is 2. The molecule has 2 heterocycles. The molecule has 1 aliphatic rings. The van der Waals surface area contributed by atoms with Gasteiger partial charge in [-0.1, -0.05) is 5.21 Å². The highest BCUT2D eigenvalue weighted by atomic mass is 16.3. The lowest BCUT2D eigenvalue weighted by molar-refractivity contribution is 0.0615. The summed E-state index contributed by atoms with van der Waals surface area (Å²) in [6, 6.07) is 0. The third kappa shape index (κ3) is 2.21. The minimum atomic E-state index is -0.0914. The van der Waals surface area contributed by atoms with Crippen molar-refractivity contribution < 1.29 is 9.90 Å². The summed E-state index contributed by atoms with van der Waals surface area (Å²) in [5, 5.41) is 16.6. The Balaban J connectivity index is 2.04. The third-order valence-electron chi connectivity index (χ3n) is 2.89. The van der Waals surface area contributed by atoms with Crippen LogP contribution in [0.25, 0.3) is 0 Å². The van der Waals surface area contributed by atoms with E-state index in [9.17, 15) is 4.79 Å². The molecule has 6 nitrogen and oxygen atoms in total. The Bertz CT molecular complexity index is 377. The van der Waals surface area contributed by atoms with Crippen LogP contribution in [0.15, 0.2) is 6.20 Å². The fourth-order valence-corrected chi connectivity index (χ4v) is 2.01. The second-order valence-corrected chi connectivity index (χ2v) is 4.22. The van der Waals surface area contributed by atoms with E-state index in [2.05, 4.69) is 10.3 Å². The zero-order valence-electron chi connectivity index (χ0n) is 9.33. The number of hydrogen-bond donors (Lipinski definition) is 1. The Hall–Kier alpha value is -1.43. The number of aliphatic hydroxyl groups excluding tert-OH is 1. The number of hydrogen-bond acceptors (Lipinski definition) is 4. The van der Waals surface area contributed by atoms with Crippen molar-refractivity contribution in [2.24, 2.45) is 13.0 Å². The highest BCUT2D eigenvalue weighted by Gasteiger charge is 2.25. The minimum Gasteiger partial charge on any atom is -0.396 e. The Morgan fingerprint density at radius 2 is 2.50 bits per heavy atom. The van der Waals surface area contributed by atoms with E-state index >= 15 is 0 Å². The number of piperidine rings is 1. The highest BCUT2D eigenvalue weighted by Crippen LogP contribution is 2.17. The topological polar surface area (TPSA) is 71.2 Å². The molecule has 0 bridgehead atoms. The SMILES string of the molecule is Cn1cc(C(=O)N2CCCC(CO)C2)nn1. The van der Waals surface area contributed by atoms with Crippen molar-refractivity contribution in [2.45, 2.75) is 12.8 Å². The lowest BCUT2D eigenvalue weighted by Crippen LogP contribution is -2.41. The molecule has 1 amide bonds. The number of aromatic nitrogens is 3. The van der Waals surface area contributed by atoms with Gasteiger partial charge in [-0.25, -0.2) is 0 Å². The maximum Gasteiger partial charge on any atom is 0.276 e. The van der Waals surface area contributed by atoms with Gasteiger partial charge in [-0.05, 0) is 18.8 Å². The average molecular weight is 224 g/mol. The fourth-order valence-electron chi connectivity index (χ4n) is 2.01. The van der Waals surface area contributed by atoms with E-state index < -0.39 is 0 Å². The zero-order valence-corrected chi connectivity index (χ0v) is 9.33. The van der Waals surface area contributed by atoms with E-state index in [0.717, 1.165) is 19.4 Å². The second-order valence-electron chi connectivity index (χ2n) is 4.22. The molecule has 0 aromatic carbocycles. The predicted molar refractivity (Wildman–Crippen MR) is 56.7 cm³/mol. The van der Waals surface area contributed by atoms with Crippen molar-refractivity contribution in [2.75, 3.05) is 19.7 Å². The summed E-state index contributed by atoms with van der Waals surface area (Å²) >= 11 is 0. The van der Waals surface area contributed by atoms with E-state index in [1.807, 2.05) is 0 Å². The molecule has 0 saturated carbocycles. The van der Waals surface area contributed by atoms with Crippen LogP contribution < -0.4 is 0 Å². The molecule has 1 N–H and O–H groups in total. The summed E-state index contributed by atoms with van der Waals surface area (Å²) in [4.78, 5) is 13.7. The number of carbonyl (C=O) groups excluding carboxylic acids is 1.